The first kappa shape index (κ1) is 60.7. The van der Waals surface area contributed by atoms with Crippen molar-refractivity contribution < 1.29 is 58.6 Å². The highest BCUT2D eigenvalue weighted by molar-refractivity contribution is 7.80. The summed E-state index contributed by atoms with van der Waals surface area (Å²) in [5.74, 6) is -7.03. The number of aliphatic imine (C=N–C) groups is 1. The summed E-state index contributed by atoms with van der Waals surface area (Å²) in [6.07, 6.45) is 1.40. The van der Waals surface area contributed by atoms with E-state index in [4.69, 9.17) is 11.5 Å². The number of carbonyl (C=O) groups is 7. The number of nitro groups is 1. The number of aliphatic hydroxyl groups is 1. The number of amides is 6. The molecule has 414 valence electrons. The number of aromatic hydroxyl groups is 2. The van der Waals surface area contributed by atoms with Crippen molar-refractivity contribution in [1.29, 1.82) is 0 Å². The lowest BCUT2D eigenvalue weighted by molar-refractivity contribution is -0.384. The summed E-state index contributed by atoms with van der Waals surface area (Å²) >= 11 is 8.34. The summed E-state index contributed by atoms with van der Waals surface area (Å²) < 4.78 is 0. The highest BCUT2D eigenvalue weighted by Gasteiger charge is 2.36. The first-order valence-electron chi connectivity index (χ1n) is 24.5. The van der Waals surface area contributed by atoms with Crippen LogP contribution < -0.4 is 43.4 Å². The number of carbonyl (C=O) groups excluding carboxylic acids is 8. The molecule has 4 aromatic carbocycles. The lowest BCUT2D eigenvalue weighted by Crippen LogP contribution is -2.62. The van der Waals surface area contributed by atoms with E-state index in [0.29, 0.717) is 23.1 Å². The molecule has 0 saturated carbocycles. The Labute approximate surface area is 457 Å². The number of non-ortho nitro benzene ring substituents is 1. The van der Waals surface area contributed by atoms with Crippen molar-refractivity contribution in [2.45, 2.75) is 93.8 Å². The molecule has 0 saturated heterocycles. The first-order valence-corrected chi connectivity index (χ1v) is 25.7. The van der Waals surface area contributed by atoms with Crippen molar-refractivity contribution >= 4 is 94.8 Å². The highest BCUT2D eigenvalue weighted by Crippen LogP contribution is 2.27. The highest BCUT2D eigenvalue weighted by atomic mass is 32.1. The van der Waals surface area contributed by atoms with Crippen LogP contribution in [0.2, 0.25) is 0 Å². The zero-order valence-electron chi connectivity index (χ0n) is 42.1. The molecule has 0 radical (unpaired) electrons. The number of aromatic amines is 1. The second-order valence-electron chi connectivity index (χ2n) is 18.1. The molecule has 26 heteroatoms. The number of rotatable bonds is 29. The maximum atomic E-state index is 14.6. The number of aromatic nitrogens is 1. The molecule has 0 spiro atoms. The molecule has 14 N–H and O–H groups in total. The van der Waals surface area contributed by atoms with E-state index >= 15 is 0 Å². The minimum absolute atomic E-state index is 0.0414. The molecule has 0 fully saturated rings. The number of fused-ring (bicyclic) bond motifs is 1. The Kier molecular flexibility index (Phi) is 22.9. The number of phenolic OH excluding ortho intramolecular Hbond substituents is 2. The van der Waals surface area contributed by atoms with E-state index in [0.717, 1.165) is 29.1 Å². The number of phenols is 2. The molecule has 8 atom stereocenters. The van der Waals surface area contributed by atoms with Gasteiger partial charge in [-0.15, -0.1) is 0 Å². The van der Waals surface area contributed by atoms with Crippen LogP contribution in [0.1, 0.15) is 53.2 Å². The average Bonchev–Trinajstić information content (AvgIpc) is 3.83. The molecule has 0 aliphatic carbocycles. The molecule has 0 aliphatic heterocycles. The number of benzene rings is 4. The molecule has 6 amide bonds. The summed E-state index contributed by atoms with van der Waals surface area (Å²) in [7, 11) is 0. The number of unbranched alkanes of at least 4 members (excludes halogenated alkanes) is 1. The quantitative estimate of drug-likeness (QED) is 0.00604. The summed E-state index contributed by atoms with van der Waals surface area (Å²) in [4.78, 5) is 127. The zero-order chi connectivity index (χ0) is 57.1. The van der Waals surface area contributed by atoms with Gasteiger partial charge in [-0.1, -0.05) is 42.5 Å². The standard InChI is InChI=1S/C52H61N11O13S2/c1-28(65)45(52(74)61-44(26-78)51(73)58-41(20-29-9-14-33(66)15-10-29)46(68)36-23-32(63(75)76)13-18-39(36)56-27-64)62-48(70)40(8-4-5-19-53)57-50(72)43(22-31-24-55-38-7-3-2-6-35(31)38)60-49(71)42(59-47(69)37(54)25-77)21-30-11-16-34(67)17-12-30/h2-3,6-7,9-18,23-24,28,37,40-45,55,65-67,77-78H,4-5,8,19-22,25-26,53-54H2,1H3,(H,57,72)(H,58,73)(H,59,69)(H,60,71)(H,61,74)(H,62,70)/t28-,37+,40+,41-,42+,43-,44+,45+/m1/s1. The number of nitrogens with one attached hydrogen (secondary N) is 7. The fourth-order valence-electron chi connectivity index (χ4n) is 8.11. The Bertz CT molecular complexity index is 2990. The normalized spacial score (nSPS) is 14.1. The Hall–Kier alpha value is -8.13. The van der Waals surface area contributed by atoms with E-state index in [2.05, 4.69) is 67.1 Å². The van der Waals surface area contributed by atoms with Gasteiger partial charge in [-0.05, 0) is 85.8 Å². The monoisotopic (exact) mass is 1110 g/mol. The number of ketones is 1. The smallest absolute Gasteiger partial charge is 0.270 e. The maximum Gasteiger partial charge on any atom is 0.270 e. The van der Waals surface area contributed by atoms with Crippen LogP contribution in [-0.4, -0.2) is 139 Å². The SMILES string of the molecule is C[C@@H](O)[C@H](NC(=O)[C@H](CCCCN)NC(=O)[C@@H](Cc1c[nH]c2ccccc12)NC(=O)[C@H](Cc1ccc(O)cc1)NC(=O)[C@@H](N)CS)C(=O)N[C@@H](CS)C(=O)N[C@H](Cc1ccc(O)cc1)C(=O)c1cc([N+](=O)[O-])ccc1N=C=O. The Morgan fingerprint density at radius 1 is 0.692 bits per heavy atom. The zero-order valence-corrected chi connectivity index (χ0v) is 43.9. The topological polar surface area (TPSA) is 393 Å². The average molecular weight is 1110 g/mol. The molecule has 5 aromatic rings. The van der Waals surface area contributed by atoms with Gasteiger partial charge in [-0.25, -0.2) is 4.79 Å². The number of nitro benzene ring substituents is 1. The van der Waals surface area contributed by atoms with E-state index in [1.54, 1.807) is 42.6 Å². The lowest BCUT2D eigenvalue weighted by atomic mass is 9.95. The molecule has 0 aliphatic rings. The molecule has 1 heterocycles. The van der Waals surface area contributed by atoms with Crippen molar-refractivity contribution in [2.24, 2.45) is 16.5 Å². The van der Waals surface area contributed by atoms with Crippen LogP contribution in [0.25, 0.3) is 10.9 Å². The Morgan fingerprint density at radius 2 is 1.23 bits per heavy atom. The molecule has 0 unspecified atom stereocenters. The molecular formula is C52H61N11O13S2. The lowest BCUT2D eigenvalue weighted by Gasteiger charge is -2.28. The van der Waals surface area contributed by atoms with Gasteiger partial charge in [0.05, 0.1) is 34.4 Å². The summed E-state index contributed by atoms with van der Waals surface area (Å²) in [5.41, 5.74) is 12.7. The van der Waals surface area contributed by atoms with Crippen LogP contribution in [0.15, 0.2) is 102 Å². The number of nitrogens with two attached hydrogens (primary N) is 2. The van der Waals surface area contributed by atoms with Crippen LogP contribution in [0.3, 0.4) is 0 Å². The van der Waals surface area contributed by atoms with Crippen molar-refractivity contribution in [2.75, 3.05) is 18.1 Å². The first-order chi connectivity index (χ1) is 37.3. The van der Waals surface area contributed by atoms with Crippen LogP contribution in [0, 0.1) is 10.1 Å². The number of Topliss-reactive ketones (excluding diaryl/α,β-unsaturated/α-hetero) is 1. The molecular weight excluding hydrogens is 1050 g/mol. The predicted molar refractivity (Wildman–Crippen MR) is 293 cm³/mol. The Balaban J connectivity index is 1.40. The molecule has 1 aromatic heterocycles. The van der Waals surface area contributed by atoms with E-state index in [1.165, 1.54) is 49.4 Å². The molecule has 24 nitrogen and oxygen atoms in total. The van der Waals surface area contributed by atoms with E-state index < -0.39 is 112 Å². The number of aliphatic hydroxyl groups excluding tert-OH is 1. The van der Waals surface area contributed by atoms with Crippen LogP contribution in [-0.2, 0) is 52.8 Å². The Morgan fingerprint density at radius 3 is 1.81 bits per heavy atom. The molecule has 0 bridgehead atoms. The van der Waals surface area contributed by atoms with Crippen LogP contribution >= 0.6 is 25.3 Å². The van der Waals surface area contributed by atoms with Crippen molar-refractivity contribution in [1.82, 2.24) is 36.9 Å². The summed E-state index contributed by atoms with van der Waals surface area (Å²) in [6.45, 7) is 1.38. The third-order valence-corrected chi connectivity index (χ3v) is 13.1. The minimum Gasteiger partial charge on any atom is -0.508 e. The van der Waals surface area contributed by atoms with Crippen LogP contribution in [0.4, 0.5) is 11.4 Å². The number of nitrogens with zero attached hydrogens (tertiary/aromatic N) is 2. The largest absolute Gasteiger partial charge is 0.508 e. The fourth-order valence-corrected chi connectivity index (χ4v) is 8.53. The number of H-pyrrole nitrogens is 1. The van der Waals surface area contributed by atoms with Gasteiger partial charge in [0.2, 0.25) is 41.5 Å². The minimum atomic E-state index is -1.79. The van der Waals surface area contributed by atoms with E-state index in [-0.39, 0.29) is 61.6 Å². The number of hydrogen-bond donors (Lipinski definition) is 14. The molecule has 78 heavy (non-hydrogen) atoms. The third kappa shape index (κ3) is 17.2. The van der Waals surface area contributed by atoms with Crippen molar-refractivity contribution in [3.63, 3.8) is 0 Å². The van der Waals surface area contributed by atoms with E-state index in [1.807, 2.05) is 0 Å². The van der Waals surface area contributed by atoms with Crippen molar-refractivity contribution in [3.8, 4) is 11.5 Å². The number of para-hydroxylation sites is 1. The number of isocyanates is 1. The predicted octanol–water partition coefficient (Wildman–Crippen LogP) is 0.971. The van der Waals surface area contributed by atoms with Gasteiger partial charge in [0.15, 0.2) is 5.78 Å². The van der Waals surface area contributed by atoms with Gasteiger partial charge < -0.3 is 63.7 Å². The van der Waals surface area contributed by atoms with Crippen LogP contribution in [0.5, 0.6) is 11.5 Å². The summed E-state index contributed by atoms with van der Waals surface area (Å²) in [6, 6.07) is 11.4. The fraction of sp³-hybridized carbons (Fsp3) is 0.346. The second-order valence-corrected chi connectivity index (χ2v) is 18.8. The summed E-state index contributed by atoms with van der Waals surface area (Å²) in [5, 5.41) is 58.5. The maximum absolute atomic E-state index is 14.6. The molecule has 5 rings (SSSR count). The second kappa shape index (κ2) is 29.4. The van der Waals surface area contributed by atoms with Gasteiger partial charge in [0.1, 0.15) is 41.7 Å². The number of hydrogen-bond acceptors (Lipinski definition) is 18. The van der Waals surface area contributed by atoms with Crippen molar-refractivity contribution in [3.05, 3.63) is 130 Å². The van der Waals surface area contributed by atoms with Gasteiger partial charge in [0, 0.05) is 60.0 Å². The van der Waals surface area contributed by atoms with Gasteiger partial charge >= 0.3 is 0 Å². The number of thiol groups is 2. The van der Waals surface area contributed by atoms with Gasteiger partial charge in [0.25, 0.3) is 5.69 Å². The van der Waals surface area contributed by atoms with Gasteiger partial charge in [-0.2, -0.15) is 30.2 Å². The van der Waals surface area contributed by atoms with E-state index in [9.17, 15) is 63.8 Å². The van der Waals surface area contributed by atoms with Gasteiger partial charge in [-0.3, -0.25) is 43.7 Å². The third-order valence-electron chi connectivity index (χ3n) is 12.4.